The van der Waals surface area contributed by atoms with E-state index in [1.165, 1.54) is 0 Å². The van der Waals surface area contributed by atoms with E-state index in [4.69, 9.17) is 14.2 Å². The van der Waals surface area contributed by atoms with Crippen molar-refractivity contribution in [3.63, 3.8) is 0 Å². The van der Waals surface area contributed by atoms with Gasteiger partial charge < -0.3 is 29.5 Å². The molecule has 1 aromatic carbocycles. The summed E-state index contributed by atoms with van der Waals surface area (Å²) < 4.78 is 17.2. The highest BCUT2D eigenvalue weighted by Crippen LogP contribution is 2.41. The van der Waals surface area contributed by atoms with Crippen molar-refractivity contribution >= 4 is 11.8 Å². The summed E-state index contributed by atoms with van der Waals surface area (Å²) >= 11 is 0. The van der Waals surface area contributed by atoms with Gasteiger partial charge in [0.25, 0.3) is 0 Å². The maximum atomic E-state index is 11.8. The first kappa shape index (κ1) is 26.3. The number of aliphatic hydroxyl groups is 2. The van der Waals surface area contributed by atoms with Gasteiger partial charge in [0.15, 0.2) is 5.78 Å². The van der Waals surface area contributed by atoms with Gasteiger partial charge in [-0.25, -0.2) is 4.79 Å². The molecule has 8 nitrogen and oxygen atoms in total. The first-order valence-electron chi connectivity index (χ1n) is 12.0. The molecule has 2 fully saturated rings. The van der Waals surface area contributed by atoms with Crippen LogP contribution in [0, 0.1) is 24.7 Å². The number of Topliss-reactive ketones (excluding diaryl/α,β-unsaturated/α-hetero) is 1. The quantitative estimate of drug-likeness (QED) is 0.329. The van der Waals surface area contributed by atoms with Crippen LogP contribution in [0.3, 0.4) is 0 Å². The summed E-state index contributed by atoms with van der Waals surface area (Å²) in [5.74, 6) is -1.06. The van der Waals surface area contributed by atoms with Crippen LogP contribution in [0.4, 0.5) is 0 Å². The van der Waals surface area contributed by atoms with Crippen LogP contribution in [0.5, 0.6) is 5.75 Å². The number of ketones is 1. The second-order valence-electron chi connectivity index (χ2n) is 9.26. The lowest BCUT2D eigenvalue weighted by atomic mass is 9.87. The zero-order valence-electron chi connectivity index (χ0n) is 19.8. The summed E-state index contributed by atoms with van der Waals surface area (Å²) in [4.78, 5) is 23.1. The summed E-state index contributed by atoms with van der Waals surface area (Å²) in [7, 11) is 0. The number of para-hydroxylation sites is 1. The number of carboxylic acids is 1. The van der Waals surface area contributed by atoms with Gasteiger partial charge in [-0.05, 0) is 37.3 Å². The van der Waals surface area contributed by atoms with Crippen molar-refractivity contribution in [1.29, 1.82) is 0 Å². The zero-order valence-corrected chi connectivity index (χ0v) is 19.8. The second kappa shape index (κ2) is 12.4. The van der Waals surface area contributed by atoms with Crippen molar-refractivity contribution < 1.29 is 39.1 Å². The lowest BCUT2D eigenvalue weighted by molar-refractivity contribution is -0.157. The molecule has 1 heterocycles. The smallest absolute Gasteiger partial charge is 0.340 e. The van der Waals surface area contributed by atoms with Crippen LogP contribution in [-0.4, -0.2) is 71.3 Å². The normalized spacial score (nSPS) is 28.8. The lowest BCUT2D eigenvalue weighted by Gasteiger charge is -2.21. The highest BCUT2D eigenvalue weighted by atomic mass is 16.5. The fraction of sp³-hybridized carbons (Fsp3) is 0.615. The number of aliphatic carboxylic acids is 1. The zero-order chi connectivity index (χ0) is 24.7. The Balaban J connectivity index is 1.52. The van der Waals surface area contributed by atoms with Crippen molar-refractivity contribution in [2.24, 2.45) is 17.8 Å². The molecular weight excluding hydrogens is 440 g/mol. The molecule has 2 aliphatic rings. The second-order valence-corrected chi connectivity index (χ2v) is 9.26. The van der Waals surface area contributed by atoms with Gasteiger partial charge in [0.2, 0.25) is 6.10 Å². The van der Waals surface area contributed by atoms with E-state index < -0.39 is 30.1 Å². The molecular formula is C26H36O8. The monoisotopic (exact) mass is 476 g/mol. The molecule has 1 aliphatic carbocycles. The van der Waals surface area contributed by atoms with Gasteiger partial charge in [0, 0.05) is 24.7 Å². The molecule has 1 aliphatic heterocycles. The Hall–Kier alpha value is -2.26. The summed E-state index contributed by atoms with van der Waals surface area (Å²) in [6.07, 6.45) is 2.77. The van der Waals surface area contributed by atoms with Crippen LogP contribution in [0.2, 0.25) is 0 Å². The maximum absolute atomic E-state index is 11.8. The lowest BCUT2D eigenvalue weighted by Crippen LogP contribution is -2.34. The van der Waals surface area contributed by atoms with Gasteiger partial charge in [-0.3, -0.25) is 4.79 Å². The fourth-order valence-electron chi connectivity index (χ4n) is 4.77. The summed E-state index contributed by atoms with van der Waals surface area (Å²) in [5.41, 5.74) is 0.996. The third kappa shape index (κ3) is 6.88. The van der Waals surface area contributed by atoms with Gasteiger partial charge in [-0.15, -0.1) is 0 Å². The number of carbonyl (C=O) groups is 2. The van der Waals surface area contributed by atoms with Crippen molar-refractivity contribution in [3.05, 3.63) is 42.0 Å². The first-order chi connectivity index (χ1) is 16.3. The van der Waals surface area contributed by atoms with E-state index in [1.807, 2.05) is 37.3 Å². The molecule has 0 spiro atoms. The largest absolute Gasteiger partial charge is 0.490 e. The Morgan fingerprint density at radius 2 is 2.03 bits per heavy atom. The van der Waals surface area contributed by atoms with E-state index >= 15 is 0 Å². The molecule has 8 heteroatoms. The average molecular weight is 477 g/mol. The summed E-state index contributed by atoms with van der Waals surface area (Å²) in [6, 6.07) is 7.61. The molecule has 3 rings (SSSR count). The molecule has 0 aromatic heterocycles. The Kier molecular flexibility index (Phi) is 9.64. The van der Waals surface area contributed by atoms with Crippen LogP contribution in [0.1, 0.15) is 38.2 Å². The SMILES string of the molecule is CCC(=O)C(OC[C@@H]1CC[C@@H]2[C@@H](/C=C/[C@@H](O)COc3ccccc3C)[C@H](O)C[C@@H]2OC1)C(=O)O. The van der Waals surface area contributed by atoms with E-state index in [-0.39, 0.29) is 43.5 Å². The topological polar surface area (TPSA) is 123 Å². The van der Waals surface area contributed by atoms with Crippen molar-refractivity contribution in [2.45, 2.75) is 63.9 Å². The molecule has 0 radical (unpaired) electrons. The van der Waals surface area contributed by atoms with Crippen LogP contribution in [0.25, 0.3) is 0 Å². The third-order valence-corrected chi connectivity index (χ3v) is 6.77. The molecule has 1 saturated carbocycles. The molecule has 188 valence electrons. The Morgan fingerprint density at radius 1 is 1.26 bits per heavy atom. The number of carboxylic acid groups (broad SMARTS) is 1. The number of hydrogen-bond donors (Lipinski definition) is 3. The minimum Gasteiger partial charge on any atom is -0.490 e. The van der Waals surface area contributed by atoms with Gasteiger partial charge in [-0.2, -0.15) is 0 Å². The van der Waals surface area contributed by atoms with E-state index in [0.29, 0.717) is 13.0 Å². The van der Waals surface area contributed by atoms with Crippen LogP contribution in [0.15, 0.2) is 36.4 Å². The number of carbonyl (C=O) groups excluding carboxylic acids is 1. The molecule has 1 unspecified atom stereocenters. The number of hydrogen-bond acceptors (Lipinski definition) is 7. The van der Waals surface area contributed by atoms with Gasteiger partial charge >= 0.3 is 5.97 Å². The van der Waals surface area contributed by atoms with Crippen LogP contribution < -0.4 is 4.74 Å². The number of ether oxygens (including phenoxy) is 3. The molecule has 1 aromatic rings. The highest BCUT2D eigenvalue weighted by Gasteiger charge is 2.43. The number of rotatable bonds is 11. The molecule has 1 saturated heterocycles. The molecule has 0 bridgehead atoms. The van der Waals surface area contributed by atoms with Crippen LogP contribution >= 0.6 is 0 Å². The highest BCUT2D eigenvalue weighted by molar-refractivity contribution is 6.01. The van der Waals surface area contributed by atoms with E-state index in [9.17, 15) is 24.9 Å². The number of fused-ring (bicyclic) bond motifs is 1. The minimum atomic E-state index is -1.44. The standard InChI is InChI=1S/C26H36O8/c1-3-21(28)25(26(30)31)34-14-17-8-10-20-19(22(29)12-24(20)32-13-17)11-9-18(27)15-33-23-7-5-4-6-16(23)2/h4-7,9,11,17-20,22,24-25,27,29H,3,8,10,12-15H2,1-2H3,(H,30,31)/b11-9+/t17-,18-,19-,20-,22-,24+,25?/m1/s1. The Morgan fingerprint density at radius 3 is 2.74 bits per heavy atom. The molecule has 7 atom stereocenters. The van der Waals surface area contributed by atoms with E-state index in [2.05, 4.69) is 0 Å². The maximum Gasteiger partial charge on any atom is 0.340 e. The van der Waals surface area contributed by atoms with E-state index in [1.54, 1.807) is 13.0 Å². The summed E-state index contributed by atoms with van der Waals surface area (Å²) in [5, 5.41) is 30.2. The fourth-order valence-corrected chi connectivity index (χ4v) is 4.77. The number of aryl methyl sites for hydroxylation is 1. The predicted molar refractivity (Wildman–Crippen MR) is 125 cm³/mol. The number of aliphatic hydroxyl groups excluding tert-OH is 2. The molecule has 0 amide bonds. The molecule has 3 N–H and O–H groups in total. The third-order valence-electron chi connectivity index (χ3n) is 6.77. The minimum absolute atomic E-state index is 0.0213. The Bertz CT molecular complexity index is 853. The van der Waals surface area contributed by atoms with Gasteiger partial charge in [0.05, 0.1) is 25.4 Å². The van der Waals surface area contributed by atoms with Crippen LogP contribution in [-0.2, 0) is 19.1 Å². The predicted octanol–water partition coefficient (Wildman–Crippen LogP) is 2.53. The van der Waals surface area contributed by atoms with Crippen molar-refractivity contribution in [1.82, 2.24) is 0 Å². The molecule has 34 heavy (non-hydrogen) atoms. The average Bonchev–Trinajstić information content (AvgIpc) is 2.97. The van der Waals surface area contributed by atoms with Gasteiger partial charge in [0.1, 0.15) is 18.5 Å². The van der Waals surface area contributed by atoms with Crippen molar-refractivity contribution in [3.8, 4) is 5.75 Å². The van der Waals surface area contributed by atoms with Gasteiger partial charge in [-0.1, -0.05) is 37.3 Å². The Labute approximate surface area is 200 Å². The first-order valence-corrected chi connectivity index (χ1v) is 12.0. The number of benzene rings is 1. The summed E-state index contributed by atoms with van der Waals surface area (Å²) in [6.45, 7) is 4.21. The van der Waals surface area contributed by atoms with E-state index in [0.717, 1.165) is 24.2 Å². The van der Waals surface area contributed by atoms with Crippen molar-refractivity contribution in [2.75, 3.05) is 19.8 Å².